The predicted octanol–water partition coefficient (Wildman–Crippen LogP) is 5.60. The molecule has 0 radical (unpaired) electrons. The zero-order valence-electron chi connectivity index (χ0n) is 20.8. The third-order valence-electron chi connectivity index (χ3n) is 6.20. The van der Waals surface area contributed by atoms with Crippen LogP contribution in [0.25, 0.3) is 11.3 Å². The molecule has 1 atom stereocenters. The normalized spacial score (nSPS) is 14.8. The number of ether oxygens (including phenoxy) is 3. The van der Waals surface area contributed by atoms with Gasteiger partial charge in [-0.2, -0.15) is 5.10 Å². The number of unbranched alkanes of at least 4 members (excludes halogenated alkanes) is 2. The van der Waals surface area contributed by atoms with Gasteiger partial charge in [-0.05, 0) is 49.2 Å². The molecular formula is C27H32ClN3O5. The molecule has 1 amide bonds. The topological polar surface area (TPSA) is 96.9 Å². The summed E-state index contributed by atoms with van der Waals surface area (Å²) in [4.78, 5) is 15.2. The van der Waals surface area contributed by atoms with E-state index in [0.29, 0.717) is 65.4 Å². The van der Waals surface area contributed by atoms with Crippen LogP contribution >= 0.6 is 11.6 Å². The van der Waals surface area contributed by atoms with Gasteiger partial charge in [-0.25, -0.2) is 0 Å². The molecule has 4 rings (SSSR count). The maximum atomic E-state index is 13.4. The van der Waals surface area contributed by atoms with Crippen LogP contribution in [0.15, 0.2) is 36.4 Å². The van der Waals surface area contributed by atoms with Crippen molar-refractivity contribution >= 4 is 17.5 Å². The van der Waals surface area contributed by atoms with E-state index in [1.54, 1.807) is 24.1 Å². The molecular weight excluding hydrogens is 482 g/mol. The summed E-state index contributed by atoms with van der Waals surface area (Å²) >= 11 is 6.22. The molecule has 0 spiro atoms. The van der Waals surface area contributed by atoms with Crippen LogP contribution < -0.4 is 9.47 Å². The first kappa shape index (κ1) is 25.9. The number of carbonyl (C=O) groups is 1. The highest BCUT2D eigenvalue weighted by atomic mass is 35.5. The molecule has 1 unspecified atom stereocenters. The molecule has 36 heavy (non-hydrogen) atoms. The van der Waals surface area contributed by atoms with Crippen molar-refractivity contribution in [2.75, 3.05) is 33.5 Å². The Morgan fingerprint density at radius 2 is 1.92 bits per heavy atom. The van der Waals surface area contributed by atoms with Crippen LogP contribution in [0.2, 0.25) is 5.02 Å². The summed E-state index contributed by atoms with van der Waals surface area (Å²) < 4.78 is 17.2. The molecule has 3 aromatic rings. The number of aromatic hydroxyl groups is 1. The van der Waals surface area contributed by atoms with Gasteiger partial charge in [-0.15, -0.1) is 0 Å². The molecule has 192 valence electrons. The van der Waals surface area contributed by atoms with Gasteiger partial charge in [0, 0.05) is 29.8 Å². The maximum absolute atomic E-state index is 13.4. The maximum Gasteiger partial charge on any atom is 0.273 e. The summed E-state index contributed by atoms with van der Waals surface area (Å²) in [5.74, 6) is 1.13. The summed E-state index contributed by atoms with van der Waals surface area (Å²) in [5.41, 5.74) is 2.82. The monoisotopic (exact) mass is 513 g/mol. The fourth-order valence-electron chi connectivity index (χ4n) is 4.48. The van der Waals surface area contributed by atoms with Crippen molar-refractivity contribution in [1.82, 2.24) is 15.1 Å². The number of halogens is 1. The average Bonchev–Trinajstić information content (AvgIpc) is 3.41. The molecule has 0 aliphatic carbocycles. The highest BCUT2D eigenvalue weighted by Crippen LogP contribution is 2.46. The summed E-state index contributed by atoms with van der Waals surface area (Å²) in [7, 11) is 1.60. The zero-order valence-corrected chi connectivity index (χ0v) is 21.6. The minimum atomic E-state index is -0.469. The number of aromatic nitrogens is 2. The number of nitrogens with zero attached hydrogens (tertiary/aromatic N) is 2. The minimum Gasteiger partial charge on any atom is -0.507 e. The smallest absolute Gasteiger partial charge is 0.273 e. The van der Waals surface area contributed by atoms with Crippen LogP contribution in [0.4, 0.5) is 0 Å². The Hall–Kier alpha value is -3.23. The van der Waals surface area contributed by atoms with Crippen LogP contribution in [0.1, 0.15) is 60.8 Å². The van der Waals surface area contributed by atoms with E-state index in [0.717, 1.165) is 24.8 Å². The molecule has 1 aliphatic rings. The fourth-order valence-corrected chi connectivity index (χ4v) is 4.66. The Labute approximate surface area is 216 Å². The molecule has 2 N–H and O–H groups in total. The van der Waals surface area contributed by atoms with E-state index in [-0.39, 0.29) is 11.7 Å². The van der Waals surface area contributed by atoms with Gasteiger partial charge < -0.3 is 24.2 Å². The molecule has 9 heteroatoms. The molecule has 0 fully saturated rings. The quantitative estimate of drug-likeness (QED) is 0.306. The van der Waals surface area contributed by atoms with Gasteiger partial charge in [-0.1, -0.05) is 37.4 Å². The Balaban J connectivity index is 1.79. The van der Waals surface area contributed by atoms with E-state index in [1.165, 1.54) is 6.07 Å². The van der Waals surface area contributed by atoms with Crippen LogP contribution in [-0.4, -0.2) is 59.6 Å². The lowest BCUT2D eigenvalue weighted by Gasteiger charge is -2.27. The molecule has 1 aliphatic heterocycles. The van der Waals surface area contributed by atoms with Crippen molar-refractivity contribution < 1.29 is 24.1 Å². The van der Waals surface area contributed by atoms with E-state index in [2.05, 4.69) is 17.1 Å². The summed E-state index contributed by atoms with van der Waals surface area (Å²) in [5, 5.41) is 18.3. The van der Waals surface area contributed by atoms with Gasteiger partial charge in [0.15, 0.2) is 11.5 Å². The molecule has 2 heterocycles. The van der Waals surface area contributed by atoms with E-state index in [1.807, 2.05) is 25.1 Å². The number of benzene rings is 2. The average molecular weight is 514 g/mol. The predicted molar refractivity (Wildman–Crippen MR) is 138 cm³/mol. The molecule has 2 aromatic carbocycles. The standard InChI is InChI=1S/C27H32ClN3O5/c1-4-6-7-13-36-21-11-8-17(15-22(21)35-5-2)26-23-24(19-16-18(28)9-10-20(19)32)29-30-25(23)27(33)31(26)12-14-34-3/h8-11,15-16,26,32H,4-7,12-14H2,1-3H3,(H,29,30). The number of amides is 1. The number of hydrogen-bond acceptors (Lipinski definition) is 6. The molecule has 1 aromatic heterocycles. The van der Waals surface area contributed by atoms with Crippen molar-refractivity contribution in [2.45, 2.75) is 39.2 Å². The van der Waals surface area contributed by atoms with Gasteiger partial charge in [0.2, 0.25) is 0 Å². The molecule has 0 saturated heterocycles. The van der Waals surface area contributed by atoms with E-state index < -0.39 is 6.04 Å². The summed E-state index contributed by atoms with van der Waals surface area (Å²) in [6.45, 7) is 5.91. The van der Waals surface area contributed by atoms with Gasteiger partial charge in [0.1, 0.15) is 17.1 Å². The Kier molecular flexibility index (Phi) is 8.38. The zero-order chi connectivity index (χ0) is 25.7. The van der Waals surface area contributed by atoms with Crippen LogP contribution in [0.5, 0.6) is 17.2 Å². The number of phenolic OH excluding ortho intramolecular Hbond substituents is 1. The third-order valence-corrected chi connectivity index (χ3v) is 6.44. The van der Waals surface area contributed by atoms with Crippen LogP contribution in [0.3, 0.4) is 0 Å². The lowest BCUT2D eigenvalue weighted by Crippen LogP contribution is -2.32. The van der Waals surface area contributed by atoms with Crippen molar-refractivity contribution in [2.24, 2.45) is 0 Å². The highest BCUT2D eigenvalue weighted by Gasteiger charge is 2.42. The third kappa shape index (κ3) is 5.15. The van der Waals surface area contributed by atoms with Crippen molar-refractivity contribution in [3.8, 4) is 28.5 Å². The summed E-state index contributed by atoms with van der Waals surface area (Å²) in [6.07, 6.45) is 3.19. The number of aromatic amines is 1. The first-order valence-electron chi connectivity index (χ1n) is 12.3. The number of methoxy groups -OCH3 is 1. The first-order chi connectivity index (χ1) is 17.5. The fraction of sp³-hybridized carbons (Fsp3) is 0.407. The van der Waals surface area contributed by atoms with Crippen molar-refractivity contribution in [1.29, 1.82) is 0 Å². The number of carbonyl (C=O) groups excluding carboxylic acids is 1. The number of hydrogen-bond donors (Lipinski definition) is 2. The Morgan fingerprint density at radius 3 is 2.67 bits per heavy atom. The van der Waals surface area contributed by atoms with Crippen LogP contribution in [0, 0.1) is 0 Å². The lowest BCUT2D eigenvalue weighted by molar-refractivity contribution is 0.0677. The van der Waals surface area contributed by atoms with Crippen molar-refractivity contribution in [3.63, 3.8) is 0 Å². The number of nitrogens with one attached hydrogen (secondary N) is 1. The SMILES string of the molecule is CCCCCOc1ccc(C2c3c(-c4cc(Cl)ccc4O)n[nH]c3C(=O)N2CCOC)cc1OCC. The van der Waals surface area contributed by atoms with E-state index in [4.69, 9.17) is 25.8 Å². The largest absolute Gasteiger partial charge is 0.507 e. The Bertz CT molecular complexity index is 1210. The Morgan fingerprint density at radius 1 is 1.08 bits per heavy atom. The highest BCUT2D eigenvalue weighted by molar-refractivity contribution is 6.31. The van der Waals surface area contributed by atoms with Crippen LogP contribution in [-0.2, 0) is 4.74 Å². The second-order valence-corrected chi connectivity index (χ2v) is 9.05. The first-order valence-corrected chi connectivity index (χ1v) is 12.6. The molecule has 8 nitrogen and oxygen atoms in total. The number of phenols is 1. The van der Waals surface area contributed by atoms with Gasteiger partial charge in [0.05, 0.1) is 25.9 Å². The van der Waals surface area contributed by atoms with Gasteiger partial charge in [-0.3, -0.25) is 9.89 Å². The van der Waals surface area contributed by atoms with E-state index >= 15 is 0 Å². The second-order valence-electron chi connectivity index (χ2n) is 8.61. The lowest BCUT2D eigenvalue weighted by atomic mass is 9.95. The van der Waals surface area contributed by atoms with Crippen molar-refractivity contribution in [3.05, 3.63) is 58.2 Å². The van der Waals surface area contributed by atoms with E-state index in [9.17, 15) is 9.90 Å². The number of fused-ring (bicyclic) bond motifs is 1. The van der Waals surface area contributed by atoms with Gasteiger partial charge in [0.25, 0.3) is 5.91 Å². The van der Waals surface area contributed by atoms with Gasteiger partial charge >= 0.3 is 0 Å². The molecule has 0 bridgehead atoms. The molecule has 0 saturated carbocycles. The summed E-state index contributed by atoms with van der Waals surface area (Å²) in [6, 6.07) is 10.0. The minimum absolute atomic E-state index is 0.0288. The number of rotatable bonds is 12. The second kappa shape index (κ2) is 11.7. The number of H-pyrrole nitrogens is 1.